The Morgan fingerprint density at radius 1 is 1.44 bits per heavy atom. The highest BCUT2D eigenvalue weighted by molar-refractivity contribution is 9.10. The summed E-state index contributed by atoms with van der Waals surface area (Å²) in [5.41, 5.74) is 2.55. The standard InChI is InChI=1S/C14H21BrN2O/c1-4-16-10-14(18)17(3)8-7-12-9-13(15)6-5-11(12)2/h5-6,9,16H,4,7-8,10H2,1-3H3. The van der Waals surface area contributed by atoms with Gasteiger partial charge in [-0.25, -0.2) is 0 Å². The van der Waals surface area contributed by atoms with E-state index in [0.717, 1.165) is 24.0 Å². The predicted molar refractivity (Wildman–Crippen MR) is 78.8 cm³/mol. The van der Waals surface area contributed by atoms with E-state index in [4.69, 9.17) is 0 Å². The molecule has 0 atom stereocenters. The number of likely N-dealkylation sites (N-methyl/N-ethyl adjacent to an activating group) is 2. The lowest BCUT2D eigenvalue weighted by Crippen LogP contribution is -2.36. The maximum atomic E-state index is 11.7. The van der Waals surface area contributed by atoms with Crippen LogP contribution < -0.4 is 5.32 Å². The summed E-state index contributed by atoms with van der Waals surface area (Å²) in [4.78, 5) is 13.5. The fraction of sp³-hybridized carbons (Fsp3) is 0.500. The number of nitrogens with one attached hydrogen (secondary N) is 1. The summed E-state index contributed by atoms with van der Waals surface area (Å²) < 4.78 is 1.09. The summed E-state index contributed by atoms with van der Waals surface area (Å²) in [7, 11) is 1.85. The van der Waals surface area contributed by atoms with E-state index in [1.807, 2.05) is 20.0 Å². The first-order valence-electron chi connectivity index (χ1n) is 6.24. The fourth-order valence-corrected chi connectivity index (χ4v) is 2.10. The zero-order chi connectivity index (χ0) is 13.5. The molecule has 1 N–H and O–H groups in total. The van der Waals surface area contributed by atoms with E-state index in [0.29, 0.717) is 6.54 Å². The molecule has 0 saturated carbocycles. The number of hydrogen-bond donors (Lipinski definition) is 1. The molecule has 0 spiro atoms. The van der Waals surface area contributed by atoms with Gasteiger partial charge in [0.15, 0.2) is 0 Å². The van der Waals surface area contributed by atoms with E-state index in [-0.39, 0.29) is 5.91 Å². The van der Waals surface area contributed by atoms with Crippen molar-refractivity contribution in [1.82, 2.24) is 10.2 Å². The van der Waals surface area contributed by atoms with Gasteiger partial charge < -0.3 is 10.2 Å². The number of nitrogens with zero attached hydrogens (tertiary/aromatic N) is 1. The van der Waals surface area contributed by atoms with E-state index >= 15 is 0 Å². The minimum atomic E-state index is 0.143. The number of hydrogen-bond acceptors (Lipinski definition) is 2. The van der Waals surface area contributed by atoms with Crippen LogP contribution in [-0.2, 0) is 11.2 Å². The van der Waals surface area contributed by atoms with Crippen molar-refractivity contribution in [2.75, 3.05) is 26.7 Å². The van der Waals surface area contributed by atoms with Crippen LogP contribution in [0.3, 0.4) is 0 Å². The average Bonchev–Trinajstić information content (AvgIpc) is 2.36. The van der Waals surface area contributed by atoms with Gasteiger partial charge in [0, 0.05) is 18.1 Å². The summed E-state index contributed by atoms with van der Waals surface area (Å²) in [6, 6.07) is 6.26. The van der Waals surface area contributed by atoms with Crippen LogP contribution in [0.5, 0.6) is 0 Å². The van der Waals surface area contributed by atoms with Gasteiger partial charge >= 0.3 is 0 Å². The van der Waals surface area contributed by atoms with Crippen molar-refractivity contribution in [2.45, 2.75) is 20.3 Å². The molecular weight excluding hydrogens is 292 g/mol. The highest BCUT2D eigenvalue weighted by atomic mass is 79.9. The third-order valence-corrected chi connectivity index (χ3v) is 3.47. The number of carbonyl (C=O) groups excluding carboxylic acids is 1. The molecule has 0 unspecified atom stereocenters. The van der Waals surface area contributed by atoms with Crippen LogP contribution in [-0.4, -0.2) is 37.5 Å². The van der Waals surface area contributed by atoms with E-state index in [1.54, 1.807) is 4.90 Å². The first-order chi connectivity index (χ1) is 8.54. The quantitative estimate of drug-likeness (QED) is 0.874. The third-order valence-electron chi connectivity index (χ3n) is 2.98. The lowest BCUT2D eigenvalue weighted by molar-refractivity contribution is -0.128. The monoisotopic (exact) mass is 312 g/mol. The lowest BCUT2D eigenvalue weighted by Gasteiger charge is -2.18. The Kier molecular flexibility index (Phi) is 6.36. The van der Waals surface area contributed by atoms with Gasteiger partial charge in [0.05, 0.1) is 6.54 Å². The number of halogens is 1. The third kappa shape index (κ3) is 4.78. The molecule has 0 fully saturated rings. The molecular formula is C14H21BrN2O. The van der Waals surface area contributed by atoms with Gasteiger partial charge in [-0.15, -0.1) is 0 Å². The van der Waals surface area contributed by atoms with E-state index in [1.165, 1.54) is 11.1 Å². The molecule has 0 bridgehead atoms. The molecule has 0 heterocycles. The van der Waals surface area contributed by atoms with Crippen LogP contribution in [0.1, 0.15) is 18.1 Å². The molecule has 1 aromatic carbocycles. The molecule has 0 aliphatic heterocycles. The predicted octanol–water partition coefficient (Wildman–Crippen LogP) is 2.37. The Morgan fingerprint density at radius 2 is 2.17 bits per heavy atom. The van der Waals surface area contributed by atoms with E-state index in [9.17, 15) is 4.79 Å². The minimum Gasteiger partial charge on any atom is -0.344 e. The molecule has 0 aromatic heterocycles. The Bertz CT molecular complexity index is 407. The van der Waals surface area contributed by atoms with Crippen molar-refractivity contribution in [3.05, 3.63) is 33.8 Å². The van der Waals surface area contributed by atoms with Gasteiger partial charge in [-0.3, -0.25) is 4.79 Å². The molecule has 0 saturated heterocycles. The second kappa shape index (κ2) is 7.54. The molecule has 1 rings (SSSR count). The first-order valence-corrected chi connectivity index (χ1v) is 7.03. The van der Waals surface area contributed by atoms with Gasteiger partial charge in [-0.1, -0.05) is 28.9 Å². The summed E-state index contributed by atoms with van der Waals surface area (Å²) in [5, 5.41) is 3.05. The average molecular weight is 313 g/mol. The molecule has 0 radical (unpaired) electrons. The van der Waals surface area contributed by atoms with Crippen LogP contribution in [0, 0.1) is 6.92 Å². The molecule has 0 aliphatic carbocycles. The van der Waals surface area contributed by atoms with Crippen molar-refractivity contribution < 1.29 is 4.79 Å². The van der Waals surface area contributed by atoms with Crippen molar-refractivity contribution in [3.63, 3.8) is 0 Å². The molecule has 3 nitrogen and oxygen atoms in total. The number of benzene rings is 1. The number of aryl methyl sites for hydroxylation is 1. The van der Waals surface area contributed by atoms with Crippen LogP contribution in [0.4, 0.5) is 0 Å². The minimum absolute atomic E-state index is 0.143. The number of carbonyl (C=O) groups is 1. The van der Waals surface area contributed by atoms with Gasteiger partial charge in [0.1, 0.15) is 0 Å². The zero-order valence-electron chi connectivity index (χ0n) is 11.3. The molecule has 1 aromatic rings. The van der Waals surface area contributed by atoms with Gasteiger partial charge in [-0.2, -0.15) is 0 Å². The summed E-state index contributed by atoms with van der Waals surface area (Å²) in [6.45, 7) is 6.09. The molecule has 1 amide bonds. The smallest absolute Gasteiger partial charge is 0.236 e. The molecule has 18 heavy (non-hydrogen) atoms. The van der Waals surface area contributed by atoms with Crippen LogP contribution in [0.15, 0.2) is 22.7 Å². The molecule has 4 heteroatoms. The number of rotatable bonds is 6. The maximum Gasteiger partial charge on any atom is 0.236 e. The SMILES string of the molecule is CCNCC(=O)N(C)CCc1cc(Br)ccc1C. The Balaban J connectivity index is 2.49. The topological polar surface area (TPSA) is 32.3 Å². The largest absolute Gasteiger partial charge is 0.344 e. The van der Waals surface area contributed by atoms with Crippen LogP contribution in [0.25, 0.3) is 0 Å². The van der Waals surface area contributed by atoms with Gasteiger partial charge in [-0.05, 0) is 43.1 Å². The summed E-state index contributed by atoms with van der Waals surface area (Å²) in [5.74, 6) is 0.143. The Morgan fingerprint density at radius 3 is 2.83 bits per heavy atom. The zero-order valence-corrected chi connectivity index (χ0v) is 12.9. The van der Waals surface area contributed by atoms with Crippen molar-refractivity contribution in [3.8, 4) is 0 Å². The van der Waals surface area contributed by atoms with Crippen molar-refractivity contribution in [2.24, 2.45) is 0 Å². The molecule has 0 aliphatic rings. The van der Waals surface area contributed by atoms with Crippen molar-refractivity contribution in [1.29, 1.82) is 0 Å². The lowest BCUT2D eigenvalue weighted by atomic mass is 10.1. The maximum absolute atomic E-state index is 11.7. The first kappa shape index (κ1) is 15.2. The Hall–Kier alpha value is -0.870. The van der Waals surface area contributed by atoms with Crippen LogP contribution >= 0.6 is 15.9 Å². The highest BCUT2D eigenvalue weighted by Gasteiger charge is 2.08. The second-order valence-corrected chi connectivity index (χ2v) is 5.33. The van der Waals surface area contributed by atoms with E-state index in [2.05, 4.69) is 40.3 Å². The van der Waals surface area contributed by atoms with Crippen LogP contribution in [0.2, 0.25) is 0 Å². The highest BCUT2D eigenvalue weighted by Crippen LogP contribution is 2.16. The molecule has 100 valence electrons. The second-order valence-electron chi connectivity index (χ2n) is 4.42. The number of amides is 1. The van der Waals surface area contributed by atoms with Gasteiger partial charge in [0.2, 0.25) is 5.91 Å². The van der Waals surface area contributed by atoms with Gasteiger partial charge in [0.25, 0.3) is 0 Å². The normalized spacial score (nSPS) is 10.4. The summed E-state index contributed by atoms with van der Waals surface area (Å²) in [6.07, 6.45) is 0.889. The summed E-state index contributed by atoms with van der Waals surface area (Å²) >= 11 is 3.48. The fourth-order valence-electron chi connectivity index (χ4n) is 1.69. The van der Waals surface area contributed by atoms with Crippen molar-refractivity contribution >= 4 is 21.8 Å². The Labute approximate surface area is 118 Å². The van der Waals surface area contributed by atoms with E-state index < -0.39 is 0 Å².